The monoisotopic (exact) mass is 278 g/mol. The number of methoxy groups -OCH3 is 1. The fraction of sp³-hybridized carbons (Fsp3) is 0.467. The van der Waals surface area contributed by atoms with Crippen LogP contribution in [0, 0.1) is 0 Å². The first-order valence-electron chi connectivity index (χ1n) is 6.61. The van der Waals surface area contributed by atoms with Gasteiger partial charge in [-0.3, -0.25) is 0 Å². The fourth-order valence-electron chi connectivity index (χ4n) is 2.11. The molecule has 104 valence electrons. The van der Waals surface area contributed by atoms with Gasteiger partial charge in [0.1, 0.15) is 0 Å². The smallest absolute Gasteiger partial charge is 0.241 e. The van der Waals surface area contributed by atoms with Crippen LogP contribution in [-0.2, 0) is 13.9 Å². The second kappa shape index (κ2) is 5.90. The van der Waals surface area contributed by atoms with Crippen LogP contribution in [0.25, 0.3) is 0 Å². The second-order valence-corrected chi connectivity index (χ2v) is 10.1. The van der Waals surface area contributed by atoms with Gasteiger partial charge in [-0.05, 0) is 25.2 Å². The maximum atomic E-state index is 6.10. The van der Waals surface area contributed by atoms with E-state index >= 15 is 0 Å². The number of rotatable bonds is 4. The first-order chi connectivity index (χ1) is 8.98. The lowest BCUT2D eigenvalue weighted by Crippen LogP contribution is -2.30. The van der Waals surface area contributed by atoms with E-state index in [1.54, 1.807) is 7.11 Å². The molecule has 0 saturated carbocycles. The summed E-state index contributed by atoms with van der Waals surface area (Å²) in [6.45, 7) is 6.55. The van der Waals surface area contributed by atoms with E-state index in [0.717, 1.165) is 17.7 Å². The third-order valence-electron chi connectivity index (χ3n) is 2.85. The molecule has 2 atom stereocenters. The van der Waals surface area contributed by atoms with Crippen molar-refractivity contribution in [3.05, 3.63) is 47.7 Å². The Labute approximate surface area is 116 Å². The summed E-state index contributed by atoms with van der Waals surface area (Å²) in [6.07, 6.45) is 2.39. The first-order valence-corrected chi connectivity index (χ1v) is 10.0. The van der Waals surface area contributed by atoms with E-state index in [-0.39, 0.29) is 12.4 Å². The van der Waals surface area contributed by atoms with Crippen molar-refractivity contribution in [1.82, 2.24) is 0 Å². The predicted octanol–water partition coefficient (Wildman–Crippen LogP) is 3.86. The fourth-order valence-corrected chi connectivity index (χ4v) is 3.05. The van der Waals surface area contributed by atoms with Crippen molar-refractivity contribution in [2.24, 2.45) is 0 Å². The van der Waals surface area contributed by atoms with E-state index in [1.165, 1.54) is 0 Å². The highest BCUT2D eigenvalue weighted by atomic mass is 28.4. The molecule has 2 rings (SSSR count). The number of benzene rings is 1. The van der Waals surface area contributed by atoms with E-state index < -0.39 is 8.32 Å². The van der Waals surface area contributed by atoms with Crippen LogP contribution in [-0.4, -0.2) is 21.7 Å². The zero-order chi connectivity index (χ0) is 13.9. The van der Waals surface area contributed by atoms with Gasteiger partial charge in [0.05, 0.1) is 11.9 Å². The van der Waals surface area contributed by atoms with Crippen LogP contribution < -0.4 is 0 Å². The van der Waals surface area contributed by atoms with E-state index in [4.69, 9.17) is 13.9 Å². The minimum Gasteiger partial charge on any atom is -0.547 e. The lowest BCUT2D eigenvalue weighted by atomic mass is 10.0. The molecule has 1 unspecified atom stereocenters. The van der Waals surface area contributed by atoms with Gasteiger partial charge in [0.25, 0.3) is 0 Å². The van der Waals surface area contributed by atoms with Crippen molar-refractivity contribution < 1.29 is 13.9 Å². The maximum absolute atomic E-state index is 6.10. The van der Waals surface area contributed by atoms with Gasteiger partial charge in [0.2, 0.25) is 8.32 Å². The summed E-state index contributed by atoms with van der Waals surface area (Å²) in [5.41, 5.74) is 1.16. The molecule has 0 N–H and O–H groups in total. The van der Waals surface area contributed by atoms with Gasteiger partial charge in [0, 0.05) is 19.6 Å². The Morgan fingerprint density at radius 3 is 2.42 bits per heavy atom. The quantitative estimate of drug-likeness (QED) is 0.783. The second-order valence-electron chi connectivity index (χ2n) is 5.69. The Kier molecular flexibility index (Phi) is 4.45. The molecular formula is C15H22O3Si. The molecule has 1 heterocycles. The van der Waals surface area contributed by atoms with Crippen LogP contribution in [0.2, 0.25) is 19.6 Å². The maximum Gasteiger partial charge on any atom is 0.241 e. The molecule has 1 aliphatic rings. The van der Waals surface area contributed by atoms with E-state index in [1.807, 2.05) is 24.3 Å². The normalized spacial score (nSPS) is 23.9. The van der Waals surface area contributed by atoms with E-state index in [2.05, 4.69) is 31.8 Å². The van der Waals surface area contributed by atoms with Crippen LogP contribution >= 0.6 is 0 Å². The predicted molar refractivity (Wildman–Crippen MR) is 78.2 cm³/mol. The zero-order valence-electron chi connectivity index (χ0n) is 12.1. The Morgan fingerprint density at radius 1 is 1.16 bits per heavy atom. The van der Waals surface area contributed by atoms with E-state index in [9.17, 15) is 0 Å². The van der Waals surface area contributed by atoms with Gasteiger partial charge >= 0.3 is 0 Å². The summed E-state index contributed by atoms with van der Waals surface area (Å²) < 4.78 is 17.3. The Bertz CT molecular complexity index is 436. The highest BCUT2D eigenvalue weighted by Crippen LogP contribution is 2.33. The number of hydrogen-bond donors (Lipinski definition) is 0. The lowest BCUT2D eigenvalue weighted by molar-refractivity contribution is -0.139. The molecule has 1 aliphatic heterocycles. The Balaban J connectivity index is 2.15. The summed E-state index contributed by atoms with van der Waals surface area (Å²) in [4.78, 5) is 0. The molecular weight excluding hydrogens is 256 g/mol. The summed E-state index contributed by atoms with van der Waals surface area (Å²) in [5, 5.41) is 0. The van der Waals surface area contributed by atoms with Crippen molar-refractivity contribution in [2.45, 2.75) is 38.5 Å². The summed E-state index contributed by atoms with van der Waals surface area (Å²) in [6, 6.07) is 10.2. The molecule has 4 heteroatoms. The molecule has 19 heavy (non-hydrogen) atoms. The van der Waals surface area contributed by atoms with Crippen molar-refractivity contribution in [2.75, 3.05) is 7.11 Å². The van der Waals surface area contributed by atoms with Gasteiger partial charge in [-0.15, -0.1) is 0 Å². The minimum atomic E-state index is -1.60. The van der Waals surface area contributed by atoms with Crippen molar-refractivity contribution in [3.63, 3.8) is 0 Å². The first kappa shape index (κ1) is 14.3. The average Bonchev–Trinajstić information content (AvgIpc) is 2.37. The lowest BCUT2D eigenvalue weighted by Gasteiger charge is -2.32. The van der Waals surface area contributed by atoms with Crippen LogP contribution in [0.5, 0.6) is 0 Å². The third kappa shape index (κ3) is 4.20. The molecule has 0 bridgehead atoms. The summed E-state index contributed by atoms with van der Waals surface area (Å²) in [7, 11) is 0.0565. The molecule has 1 aromatic rings. The Hall–Kier alpha value is -1.10. The van der Waals surface area contributed by atoms with Gasteiger partial charge < -0.3 is 13.9 Å². The zero-order valence-corrected chi connectivity index (χ0v) is 13.1. The molecule has 0 amide bonds. The largest absolute Gasteiger partial charge is 0.547 e. The molecule has 1 aromatic carbocycles. The van der Waals surface area contributed by atoms with Crippen LogP contribution in [0.15, 0.2) is 42.2 Å². The van der Waals surface area contributed by atoms with Crippen molar-refractivity contribution >= 4 is 8.32 Å². The van der Waals surface area contributed by atoms with Crippen molar-refractivity contribution in [1.29, 1.82) is 0 Å². The van der Waals surface area contributed by atoms with Crippen molar-refractivity contribution in [3.8, 4) is 0 Å². The molecule has 0 aromatic heterocycles. The third-order valence-corrected chi connectivity index (χ3v) is 3.72. The Morgan fingerprint density at radius 2 is 1.84 bits per heavy atom. The van der Waals surface area contributed by atoms with Gasteiger partial charge in [-0.25, -0.2) is 0 Å². The molecule has 0 saturated heterocycles. The highest BCUT2D eigenvalue weighted by molar-refractivity contribution is 6.70. The number of ether oxygens (including phenoxy) is 2. The highest BCUT2D eigenvalue weighted by Gasteiger charge is 2.28. The topological polar surface area (TPSA) is 27.7 Å². The molecule has 3 nitrogen and oxygen atoms in total. The van der Waals surface area contributed by atoms with Crippen LogP contribution in [0.4, 0.5) is 0 Å². The molecule has 0 spiro atoms. The van der Waals surface area contributed by atoms with Crippen LogP contribution in [0.3, 0.4) is 0 Å². The minimum absolute atomic E-state index is 0.00231. The molecule has 0 aliphatic carbocycles. The average molecular weight is 278 g/mol. The van der Waals surface area contributed by atoms with Gasteiger partial charge in [-0.1, -0.05) is 30.3 Å². The standard InChI is InChI=1S/C15H22O3Si/c1-16-15-11-13(18-19(2,3)4)10-14(17-15)12-8-6-5-7-9-12/h5-9,11,14-15H,10H2,1-4H3/t14-,15?/m0/s1. The summed E-state index contributed by atoms with van der Waals surface area (Å²) in [5.74, 6) is 0.992. The summed E-state index contributed by atoms with van der Waals surface area (Å²) >= 11 is 0. The SMILES string of the molecule is COC1C=C(O[Si](C)(C)C)C[C@@H](c2ccccc2)O1. The number of hydrogen-bond acceptors (Lipinski definition) is 3. The molecule has 0 fully saturated rings. The van der Waals surface area contributed by atoms with Gasteiger partial charge in [-0.2, -0.15) is 0 Å². The molecule has 0 radical (unpaired) electrons. The van der Waals surface area contributed by atoms with Gasteiger partial charge in [0.15, 0.2) is 6.29 Å². The van der Waals surface area contributed by atoms with E-state index in [0.29, 0.717) is 0 Å². The van der Waals surface area contributed by atoms with Crippen LogP contribution in [0.1, 0.15) is 18.1 Å².